The Balaban J connectivity index is -0.000000143. The van der Waals surface area contributed by atoms with Crippen LogP contribution in [0.5, 0.6) is 0 Å². The van der Waals surface area contributed by atoms with E-state index in [0.717, 1.165) is 12.8 Å². The summed E-state index contributed by atoms with van der Waals surface area (Å²) in [5.41, 5.74) is 0. The van der Waals surface area contributed by atoms with Gasteiger partial charge in [0.1, 0.15) is 0 Å². The van der Waals surface area contributed by atoms with Crippen molar-refractivity contribution >= 4 is 0 Å². The van der Waals surface area contributed by atoms with Crippen molar-refractivity contribution < 1.29 is 36.1 Å². The molecule has 1 radical (unpaired) electrons. The maximum Gasteiger partial charge on any atom is 0.0433 e. The van der Waals surface area contributed by atoms with Gasteiger partial charge in [0.15, 0.2) is 0 Å². The number of hydrogen-bond acceptors (Lipinski definition) is 2. The molecule has 0 unspecified atom stereocenters. The van der Waals surface area contributed by atoms with E-state index in [1.165, 1.54) is 0 Å². The predicted octanol–water partition coefficient (Wildman–Crippen LogP) is 2.05. The summed E-state index contributed by atoms with van der Waals surface area (Å²) in [6, 6.07) is 0. The quantitative estimate of drug-likeness (QED) is 0.762. The summed E-state index contributed by atoms with van der Waals surface area (Å²) in [5.74, 6) is 1.30. The van der Waals surface area contributed by atoms with Crippen LogP contribution in [0.15, 0.2) is 0 Å². The molecule has 0 saturated heterocycles. The summed E-state index contributed by atoms with van der Waals surface area (Å²) < 4.78 is 0. The van der Waals surface area contributed by atoms with E-state index < -0.39 is 0 Å². The standard InChI is InChI=1S/2C5H12O.Sc/c2*1-5(2)3-4-6;/h2*5-6H,3-4H2,1-2H3;. The van der Waals surface area contributed by atoms with Gasteiger partial charge >= 0.3 is 0 Å². The third-order valence-electron chi connectivity index (χ3n) is 1.41. The van der Waals surface area contributed by atoms with E-state index in [1.807, 2.05) is 0 Å². The smallest absolute Gasteiger partial charge is 0.0433 e. The van der Waals surface area contributed by atoms with E-state index in [-0.39, 0.29) is 25.8 Å². The van der Waals surface area contributed by atoms with Crippen molar-refractivity contribution in [2.24, 2.45) is 11.8 Å². The predicted molar refractivity (Wildman–Crippen MR) is 53.1 cm³/mol. The summed E-state index contributed by atoms with van der Waals surface area (Å²) in [6.07, 6.45) is 1.86. The van der Waals surface area contributed by atoms with Gasteiger partial charge in [-0.05, 0) is 24.7 Å². The zero-order chi connectivity index (χ0) is 9.98. The Kier molecular flexibility index (Phi) is 22.8. The van der Waals surface area contributed by atoms with Crippen LogP contribution >= 0.6 is 0 Å². The van der Waals surface area contributed by atoms with Gasteiger partial charge in [-0.15, -0.1) is 0 Å². The third kappa shape index (κ3) is 32.3. The second kappa shape index (κ2) is 15.3. The van der Waals surface area contributed by atoms with Gasteiger partial charge in [-0.2, -0.15) is 0 Å². The maximum atomic E-state index is 8.24. The SMILES string of the molecule is CC(C)CCO.CC(C)CCO.[Sc]. The van der Waals surface area contributed by atoms with Crippen LogP contribution in [0.2, 0.25) is 0 Å². The molecular formula is C10H24O2Sc. The van der Waals surface area contributed by atoms with Gasteiger partial charge in [-0.25, -0.2) is 0 Å². The van der Waals surface area contributed by atoms with Crippen molar-refractivity contribution in [3.63, 3.8) is 0 Å². The van der Waals surface area contributed by atoms with Crippen molar-refractivity contribution in [2.75, 3.05) is 13.2 Å². The van der Waals surface area contributed by atoms with Gasteiger partial charge < -0.3 is 10.2 Å². The minimum atomic E-state index is 0. The van der Waals surface area contributed by atoms with Crippen molar-refractivity contribution in [1.29, 1.82) is 0 Å². The zero-order valence-electron chi connectivity index (χ0n) is 9.45. The first-order valence-corrected chi connectivity index (χ1v) is 4.76. The molecule has 2 N–H and O–H groups in total. The maximum absolute atomic E-state index is 8.24. The fourth-order valence-corrected chi connectivity index (χ4v) is 0.516. The van der Waals surface area contributed by atoms with Crippen LogP contribution in [-0.4, -0.2) is 23.4 Å². The molecule has 0 aromatic rings. The van der Waals surface area contributed by atoms with Crippen LogP contribution in [0.4, 0.5) is 0 Å². The Hall–Kier alpha value is 0.790. The monoisotopic (exact) mass is 221 g/mol. The molecule has 2 nitrogen and oxygen atoms in total. The Bertz CT molecular complexity index is 65.3. The largest absolute Gasteiger partial charge is 0.396 e. The number of rotatable bonds is 4. The molecule has 0 fully saturated rings. The fourth-order valence-electron chi connectivity index (χ4n) is 0.516. The van der Waals surface area contributed by atoms with Gasteiger partial charge in [-0.1, -0.05) is 27.7 Å². The normalized spacial score (nSPS) is 9.23. The van der Waals surface area contributed by atoms with Crippen LogP contribution in [0.3, 0.4) is 0 Å². The number of aliphatic hydroxyl groups is 2. The summed E-state index contributed by atoms with van der Waals surface area (Å²) in [4.78, 5) is 0. The van der Waals surface area contributed by atoms with Crippen LogP contribution in [-0.2, 0) is 25.8 Å². The molecule has 0 amide bonds. The molecule has 0 rings (SSSR count). The van der Waals surface area contributed by atoms with E-state index in [9.17, 15) is 0 Å². The molecule has 0 aromatic heterocycles. The van der Waals surface area contributed by atoms with Crippen LogP contribution in [0.1, 0.15) is 40.5 Å². The molecule has 0 bridgehead atoms. The molecule has 0 saturated carbocycles. The Morgan fingerprint density at radius 2 is 1.00 bits per heavy atom. The first kappa shape index (κ1) is 19.4. The minimum absolute atomic E-state index is 0. The summed E-state index contributed by atoms with van der Waals surface area (Å²) in [5, 5.41) is 16.5. The first-order chi connectivity index (χ1) is 5.54. The molecule has 0 aromatic carbocycles. The second-order valence-electron chi connectivity index (χ2n) is 3.81. The van der Waals surface area contributed by atoms with Gasteiger partial charge in [0.05, 0.1) is 0 Å². The second-order valence-corrected chi connectivity index (χ2v) is 3.81. The van der Waals surface area contributed by atoms with E-state index >= 15 is 0 Å². The first-order valence-electron chi connectivity index (χ1n) is 4.76. The van der Waals surface area contributed by atoms with Crippen LogP contribution in [0, 0.1) is 11.8 Å². The molecular weight excluding hydrogens is 197 g/mol. The molecule has 13 heavy (non-hydrogen) atoms. The van der Waals surface area contributed by atoms with E-state index in [1.54, 1.807) is 0 Å². The molecule has 0 atom stereocenters. The molecule has 0 aliphatic rings. The Labute approximate surface area is 102 Å². The van der Waals surface area contributed by atoms with E-state index in [2.05, 4.69) is 27.7 Å². The van der Waals surface area contributed by atoms with Gasteiger partial charge in [0, 0.05) is 39.1 Å². The summed E-state index contributed by atoms with van der Waals surface area (Å²) in [6.45, 7) is 9.04. The van der Waals surface area contributed by atoms with Crippen LogP contribution in [0.25, 0.3) is 0 Å². The van der Waals surface area contributed by atoms with Gasteiger partial charge in [-0.3, -0.25) is 0 Å². The van der Waals surface area contributed by atoms with E-state index in [4.69, 9.17) is 10.2 Å². The Morgan fingerprint density at radius 1 is 0.769 bits per heavy atom. The summed E-state index contributed by atoms with van der Waals surface area (Å²) in [7, 11) is 0. The molecule has 79 valence electrons. The molecule has 0 aliphatic heterocycles. The minimum Gasteiger partial charge on any atom is -0.396 e. The van der Waals surface area contributed by atoms with Crippen LogP contribution < -0.4 is 0 Å². The fraction of sp³-hybridized carbons (Fsp3) is 1.00. The number of hydrogen-bond donors (Lipinski definition) is 2. The molecule has 3 heteroatoms. The van der Waals surface area contributed by atoms with Gasteiger partial charge in [0.2, 0.25) is 0 Å². The Morgan fingerprint density at radius 3 is 1.00 bits per heavy atom. The van der Waals surface area contributed by atoms with Crippen molar-refractivity contribution in [1.82, 2.24) is 0 Å². The average Bonchev–Trinajstić information content (AvgIpc) is 1.87. The van der Waals surface area contributed by atoms with Crippen molar-refractivity contribution in [3.8, 4) is 0 Å². The third-order valence-corrected chi connectivity index (χ3v) is 1.41. The molecule has 0 spiro atoms. The van der Waals surface area contributed by atoms with E-state index in [0.29, 0.717) is 25.0 Å². The molecule has 0 aliphatic carbocycles. The van der Waals surface area contributed by atoms with Crippen molar-refractivity contribution in [2.45, 2.75) is 40.5 Å². The zero-order valence-corrected chi connectivity index (χ0v) is 11.3. The van der Waals surface area contributed by atoms with Gasteiger partial charge in [0.25, 0.3) is 0 Å². The van der Waals surface area contributed by atoms with Crippen molar-refractivity contribution in [3.05, 3.63) is 0 Å². The topological polar surface area (TPSA) is 40.5 Å². The average molecular weight is 221 g/mol. The molecule has 0 heterocycles. The number of aliphatic hydroxyl groups excluding tert-OH is 2. The summed E-state index contributed by atoms with van der Waals surface area (Å²) >= 11 is 0.